The van der Waals surface area contributed by atoms with Gasteiger partial charge < -0.3 is 20.5 Å². The first-order valence-corrected chi connectivity index (χ1v) is 5.39. The molecule has 1 fully saturated rings. The molecule has 1 aliphatic carbocycles. The minimum Gasteiger partial charge on any atom is -0.480 e. The Kier molecular flexibility index (Phi) is 4.74. The molecule has 0 heterocycles. The Labute approximate surface area is 98.5 Å². The summed E-state index contributed by atoms with van der Waals surface area (Å²) in [5, 5.41) is 13.8. The fourth-order valence-electron chi connectivity index (χ4n) is 1.23. The number of urea groups is 1. The number of carboxylic acid groups (broad SMARTS) is 1. The maximum absolute atomic E-state index is 11.3. The molecule has 0 aliphatic heterocycles. The molecule has 1 unspecified atom stereocenters. The second-order valence-electron chi connectivity index (χ2n) is 3.90. The lowest BCUT2D eigenvalue weighted by atomic mass is 10.1. The highest BCUT2D eigenvalue weighted by Crippen LogP contribution is 2.18. The monoisotopic (exact) mass is 244 g/mol. The first-order valence-electron chi connectivity index (χ1n) is 5.39. The van der Waals surface area contributed by atoms with Crippen LogP contribution in [0.15, 0.2) is 0 Å². The van der Waals surface area contributed by atoms with E-state index in [0.29, 0.717) is 0 Å². The molecule has 17 heavy (non-hydrogen) atoms. The van der Waals surface area contributed by atoms with Crippen LogP contribution in [0.3, 0.4) is 0 Å². The molecule has 1 aliphatic rings. The van der Waals surface area contributed by atoms with Crippen LogP contribution >= 0.6 is 0 Å². The Morgan fingerprint density at radius 2 is 2.06 bits per heavy atom. The van der Waals surface area contributed by atoms with Crippen LogP contribution in [-0.2, 0) is 14.3 Å². The fourth-order valence-corrected chi connectivity index (χ4v) is 1.23. The van der Waals surface area contributed by atoms with Gasteiger partial charge >= 0.3 is 18.0 Å². The van der Waals surface area contributed by atoms with Gasteiger partial charge in [0.05, 0.1) is 7.11 Å². The summed E-state index contributed by atoms with van der Waals surface area (Å²) < 4.78 is 4.40. The lowest BCUT2D eigenvalue weighted by Gasteiger charge is -2.14. The Morgan fingerprint density at radius 1 is 1.41 bits per heavy atom. The van der Waals surface area contributed by atoms with Gasteiger partial charge in [-0.05, 0) is 19.3 Å². The SMILES string of the molecule is COC(=O)CCC(NC(=O)NC1CC1)C(=O)O. The van der Waals surface area contributed by atoms with Crippen LogP contribution in [-0.4, -0.2) is 42.3 Å². The van der Waals surface area contributed by atoms with Crippen LogP contribution in [0.2, 0.25) is 0 Å². The van der Waals surface area contributed by atoms with E-state index in [4.69, 9.17) is 5.11 Å². The number of hydrogen-bond acceptors (Lipinski definition) is 4. The molecule has 1 rings (SSSR count). The average molecular weight is 244 g/mol. The van der Waals surface area contributed by atoms with Crippen molar-refractivity contribution in [3.63, 3.8) is 0 Å². The molecule has 96 valence electrons. The smallest absolute Gasteiger partial charge is 0.326 e. The van der Waals surface area contributed by atoms with Crippen molar-refractivity contribution in [2.75, 3.05) is 7.11 Å². The Bertz CT molecular complexity index is 314. The average Bonchev–Trinajstić information content (AvgIpc) is 3.06. The molecule has 0 aromatic heterocycles. The van der Waals surface area contributed by atoms with Crippen molar-refractivity contribution in [1.82, 2.24) is 10.6 Å². The highest BCUT2D eigenvalue weighted by atomic mass is 16.5. The van der Waals surface area contributed by atoms with E-state index < -0.39 is 24.0 Å². The minimum atomic E-state index is -1.17. The van der Waals surface area contributed by atoms with Gasteiger partial charge in [0.25, 0.3) is 0 Å². The van der Waals surface area contributed by atoms with Crippen LogP contribution < -0.4 is 10.6 Å². The van der Waals surface area contributed by atoms with Gasteiger partial charge in [-0.25, -0.2) is 9.59 Å². The van der Waals surface area contributed by atoms with E-state index in [1.54, 1.807) is 0 Å². The van der Waals surface area contributed by atoms with Crippen LogP contribution in [0, 0.1) is 0 Å². The molecule has 0 bridgehead atoms. The number of carbonyl (C=O) groups excluding carboxylic acids is 2. The van der Waals surface area contributed by atoms with Gasteiger partial charge in [-0.3, -0.25) is 4.79 Å². The quantitative estimate of drug-likeness (QED) is 0.564. The summed E-state index contributed by atoms with van der Waals surface area (Å²) in [5.74, 6) is -1.67. The number of amides is 2. The third-order valence-corrected chi connectivity index (χ3v) is 2.38. The van der Waals surface area contributed by atoms with Crippen molar-refractivity contribution in [1.29, 1.82) is 0 Å². The molecule has 2 amide bonds. The Hall–Kier alpha value is -1.79. The first-order chi connectivity index (χ1) is 8.02. The number of aliphatic carboxylic acids is 1. The number of esters is 1. The van der Waals surface area contributed by atoms with E-state index in [1.165, 1.54) is 7.11 Å². The molecule has 7 heteroatoms. The molecular weight excluding hydrogens is 228 g/mol. The minimum absolute atomic E-state index is 0.0140. The predicted octanol–water partition coefficient (Wildman–Crippen LogP) is -0.146. The molecule has 1 saturated carbocycles. The van der Waals surface area contributed by atoms with Crippen LogP contribution in [0.5, 0.6) is 0 Å². The molecule has 0 radical (unpaired) electrons. The number of carbonyl (C=O) groups is 3. The molecule has 0 saturated heterocycles. The van der Waals surface area contributed by atoms with Crippen molar-refractivity contribution in [2.45, 2.75) is 37.8 Å². The van der Waals surface area contributed by atoms with Gasteiger partial charge in [-0.15, -0.1) is 0 Å². The fraction of sp³-hybridized carbons (Fsp3) is 0.700. The summed E-state index contributed by atoms with van der Waals surface area (Å²) in [5.41, 5.74) is 0. The highest BCUT2D eigenvalue weighted by molar-refractivity contribution is 5.83. The lowest BCUT2D eigenvalue weighted by molar-refractivity contribution is -0.142. The van der Waals surface area contributed by atoms with Crippen LogP contribution in [0.1, 0.15) is 25.7 Å². The van der Waals surface area contributed by atoms with E-state index in [-0.39, 0.29) is 18.9 Å². The summed E-state index contributed by atoms with van der Waals surface area (Å²) >= 11 is 0. The molecular formula is C10H16N2O5. The maximum atomic E-state index is 11.3. The van der Waals surface area contributed by atoms with Crippen molar-refractivity contribution in [3.05, 3.63) is 0 Å². The predicted molar refractivity (Wildman–Crippen MR) is 57.4 cm³/mol. The molecule has 1 atom stereocenters. The van der Waals surface area contributed by atoms with Gasteiger partial charge in [0.1, 0.15) is 6.04 Å². The third kappa shape index (κ3) is 5.19. The number of methoxy groups -OCH3 is 1. The third-order valence-electron chi connectivity index (χ3n) is 2.38. The van der Waals surface area contributed by atoms with Crippen molar-refractivity contribution in [2.24, 2.45) is 0 Å². The van der Waals surface area contributed by atoms with Gasteiger partial charge in [0, 0.05) is 12.5 Å². The number of hydrogen-bond donors (Lipinski definition) is 3. The zero-order valence-electron chi connectivity index (χ0n) is 9.56. The highest BCUT2D eigenvalue weighted by Gasteiger charge is 2.26. The Balaban J connectivity index is 2.33. The molecule has 3 N–H and O–H groups in total. The molecule has 0 spiro atoms. The summed E-state index contributed by atoms with van der Waals surface area (Å²) in [6.45, 7) is 0. The summed E-state index contributed by atoms with van der Waals surface area (Å²) in [6.07, 6.45) is 1.82. The Morgan fingerprint density at radius 3 is 2.53 bits per heavy atom. The van der Waals surface area contributed by atoms with E-state index in [1.807, 2.05) is 0 Å². The van der Waals surface area contributed by atoms with Crippen molar-refractivity contribution >= 4 is 18.0 Å². The standard InChI is InChI=1S/C10H16N2O5/c1-17-8(13)5-4-7(9(14)15)12-10(16)11-6-2-3-6/h6-7H,2-5H2,1H3,(H,14,15)(H2,11,12,16). The zero-order valence-corrected chi connectivity index (χ0v) is 9.56. The van der Waals surface area contributed by atoms with Gasteiger partial charge in [-0.2, -0.15) is 0 Å². The van der Waals surface area contributed by atoms with E-state index in [0.717, 1.165) is 12.8 Å². The molecule has 0 aromatic carbocycles. The number of carboxylic acids is 1. The van der Waals surface area contributed by atoms with E-state index in [2.05, 4.69) is 15.4 Å². The summed E-state index contributed by atoms with van der Waals surface area (Å²) in [4.78, 5) is 33.0. The van der Waals surface area contributed by atoms with Gasteiger partial charge in [-0.1, -0.05) is 0 Å². The first kappa shape index (κ1) is 13.3. The van der Waals surface area contributed by atoms with Crippen molar-refractivity contribution in [3.8, 4) is 0 Å². The van der Waals surface area contributed by atoms with Crippen molar-refractivity contribution < 1.29 is 24.2 Å². The molecule has 0 aromatic rings. The van der Waals surface area contributed by atoms with Crippen LogP contribution in [0.25, 0.3) is 0 Å². The van der Waals surface area contributed by atoms with Gasteiger partial charge in [0.2, 0.25) is 0 Å². The number of ether oxygens (including phenoxy) is 1. The summed E-state index contributed by atoms with van der Waals surface area (Å²) in [7, 11) is 1.23. The second-order valence-corrected chi connectivity index (χ2v) is 3.90. The maximum Gasteiger partial charge on any atom is 0.326 e. The summed E-state index contributed by atoms with van der Waals surface area (Å²) in [6, 6.07) is -1.43. The van der Waals surface area contributed by atoms with Gasteiger partial charge in [0.15, 0.2) is 0 Å². The number of nitrogens with one attached hydrogen (secondary N) is 2. The van der Waals surface area contributed by atoms with Crippen LogP contribution in [0.4, 0.5) is 4.79 Å². The molecule has 7 nitrogen and oxygen atoms in total. The van der Waals surface area contributed by atoms with E-state index in [9.17, 15) is 14.4 Å². The normalized spacial score (nSPS) is 15.8. The topological polar surface area (TPSA) is 105 Å². The largest absolute Gasteiger partial charge is 0.480 e. The zero-order chi connectivity index (χ0) is 12.8. The lowest BCUT2D eigenvalue weighted by Crippen LogP contribution is -2.46. The van der Waals surface area contributed by atoms with E-state index >= 15 is 0 Å². The second kappa shape index (κ2) is 6.07. The number of rotatable bonds is 6.